The molecule has 0 aromatic carbocycles. The van der Waals surface area contributed by atoms with Crippen LogP contribution in [0, 0.1) is 5.92 Å². The van der Waals surface area contributed by atoms with Gasteiger partial charge < -0.3 is 15.7 Å². The first-order valence-corrected chi connectivity index (χ1v) is 6.42. The molecule has 2 rings (SSSR count). The predicted molar refractivity (Wildman–Crippen MR) is 62.0 cm³/mol. The quantitative estimate of drug-likeness (QED) is 0.636. The van der Waals surface area contributed by atoms with Gasteiger partial charge in [0.05, 0.1) is 12.6 Å². The van der Waals surface area contributed by atoms with E-state index in [9.17, 15) is 9.90 Å². The van der Waals surface area contributed by atoms with Gasteiger partial charge in [-0.2, -0.15) is 0 Å². The molecule has 2 fully saturated rings. The minimum absolute atomic E-state index is 0.110. The van der Waals surface area contributed by atoms with E-state index in [4.69, 9.17) is 0 Å². The fourth-order valence-electron chi connectivity index (χ4n) is 2.34. The fraction of sp³-hybridized carbons (Fsp3) is 0.917. The van der Waals surface area contributed by atoms with Crippen LogP contribution in [0.25, 0.3) is 0 Å². The van der Waals surface area contributed by atoms with E-state index in [0.29, 0.717) is 18.5 Å². The number of carbonyl (C=O) groups is 1. The summed E-state index contributed by atoms with van der Waals surface area (Å²) in [5, 5.41) is 15.6. The molecule has 0 bridgehead atoms. The Labute approximate surface area is 96.8 Å². The summed E-state index contributed by atoms with van der Waals surface area (Å²) in [6.07, 6.45) is 6.27. The van der Waals surface area contributed by atoms with Crippen molar-refractivity contribution in [2.75, 3.05) is 13.1 Å². The lowest BCUT2D eigenvalue weighted by atomic mass is 9.87. The van der Waals surface area contributed by atoms with Crippen LogP contribution in [0.1, 0.15) is 38.5 Å². The molecule has 0 aromatic heterocycles. The smallest absolute Gasteiger partial charge is 0.234 e. The first-order chi connectivity index (χ1) is 7.74. The zero-order valence-electron chi connectivity index (χ0n) is 9.74. The van der Waals surface area contributed by atoms with Crippen LogP contribution in [0.3, 0.4) is 0 Å². The van der Waals surface area contributed by atoms with E-state index in [1.807, 2.05) is 0 Å². The normalized spacial score (nSPS) is 30.1. The number of amides is 1. The number of aliphatic hydroxyl groups is 1. The molecule has 3 N–H and O–H groups in total. The van der Waals surface area contributed by atoms with Crippen LogP contribution >= 0.6 is 0 Å². The molecule has 2 aliphatic carbocycles. The molecule has 0 heterocycles. The highest BCUT2D eigenvalue weighted by Crippen LogP contribution is 2.23. The van der Waals surface area contributed by atoms with Crippen LogP contribution in [0.5, 0.6) is 0 Å². The molecular formula is C12H22N2O2. The van der Waals surface area contributed by atoms with Crippen LogP contribution < -0.4 is 10.6 Å². The zero-order chi connectivity index (χ0) is 11.4. The maximum Gasteiger partial charge on any atom is 0.234 e. The fourth-order valence-corrected chi connectivity index (χ4v) is 2.34. The van der Waals surface area contributed by atoms with Crippen LogP contribution in [-0.2, 0) is 4.79 Å². The predicted octanol–water partition coefficient (Wildman–Crippen LogP) is 0.406. The van der Waals surface area contributed by atoms with Crippen molar-refractivity contribution < 1.29 is 9.90 Å². The third-order valence-electron chi connectivity index (χ3n) is 3.42. The molecule has 2 atom stereocenters. The molecule has 0 aliphatic heterocycles. The van der Waals surface area contributed by atoms with E-state index in [0.717, 1.165) is 38.6 Å². The number of rotatable bonds is 5. The molecule has 2 saturated carbocycles. The molecule has 0 radical (unpaired) electrons. The summed E-state index contributed by atoms with van der Waals surface area (Å²) in [6, 6.07) is 0.450. The summed E-state index contributed by atoms with van der Waals surface area (Å²) >= 11 is 0. The number of hydrogen-bond donors (Lipinski definition) is 3. The van der Waals surface area contributed by atoms with E-state index in [-0.39, 0.29) is 12.0 Å². The Balaban J connectivity index is 1.54. The van der Waals surface area contributed by atoms with Gasteiger partial charge in [-0.1, -0.05) is 6.42 Å². The number of nitrogens with one attached hydrogen (secondary N) is 2. The van der Waals surface area contributed by atoms with Gasteiger partial charge in [-0.15, -0.1) is 0 Å². The third-order valence-corrected chi connectivity index (χ3v) is 3.42. The van der Waals surface area contributed by atoms with E-state index < -0.39 is 0 Å². The van der Waals surface area contributed by atoms with Gasteiger partial charge in [0.25, 0.3) is 0 Å². The largest absolute Gasteiger partial charge is 0.393 e. The molecule has 92 valence electrons. The molecule has 1 amide bonds. The van der Waals surface area contributed by atoms with Gasteiger partial charge in [-0.3, -0.25) is 4.79 Å². The summed E-state index contributed by atoms with van der Waals surface area (Å²) in [5.74, 6) is 0.649. The lowest BCUT2D eigenvalue weighted by molar-refractivity contribution is -0.120. The van der Waals surface area contributed by atoms with Gasteiger partial charge in [0.2, 0.25) is 5.91 Å². The summed E-state index contributed by atoms with van der Waals surface area (Å²) in [4.78, 5) is 11.4. The highest BCUT2D eigenvalue weighted by atomic mass is 16.3. The van der Waals surface area contributed by atoms with Crippen LogP contribution in [0.2, 0.25) is 0 Å². The molecule has 0 spiro atoms. The maximum absolute atomic E-state index is 11.4. The second kappa shape index (κ2) is 5.64. The van der Waals surface area contributed by atoms with Gasteiger partial charge in [-0.25, -0.2) is 0 Å². The Bertz CT molecular complexity index is 241. The van der Waals surface area contributed by atoms with Crippen molar-refractivity contribution in [2.24, 2.45) is 5.92 Å². The standard InChI is InChI=1S/C12H22N2O2/c15-11-3-1-2-9(6-11)7-13-8-12(16)14-10-4-5-10/h9-11,13,15H,1-8H2,(H,14,16). The lowest BCUT2D eigenvalue weighted by Crippen LogP contribution is -2.38. The van der Waals surface area contributed by atoms with Crippen molar-refractivity contribution in [2.45, 2.75) is 50.7 Å². The Morgan fingerprint density at radius 3 is 2.75 bits per heavy atom. The first kappa shape index (κ1) is 11.9. The summed E-state index contributed by atoms with van der Waals surface area (Å²) < 4.78 is 0. The highest BCUT2D eigenvalue weighted by molar-refractivity contribution is 5.78. The van der Waals surface area contributed by atoms with Gasteiger partial charge in [0.1, 0.15) is 0 Å². The molecular weight excluding hydrogens is 204 g/mol. The van der Waals surface area contributed by atoms with E-state index in [1.54, 1.807) is 0 Å². The number of aliphatic hydroxyl groups excluding tert-OH is 1. The molecule has 16 heavy (non-hydrogen) atoms. The zero-order valence-corrected chi connectivity index (χ0v) is 9.74. The molecule has 4 nitrogen and oxygen atoms in total. The summed E-state index contributed by atoms with van der Waals surface area (Å²) in [7, 11) is 0. The molecule has 0 saturated heterocycles. The Hall–Kier alpha value is -0.610. The average molecular weight is 226 g/mol. The van der Waals surface area contributed by atoms with Crippen molar-refractivity contribution in [3.05, 3.63) is 0 Å². The molecule has 0 aromatic rings. The average Bonchev–Trinajstić information content (AvgIpc) is 3.02. The molecule has 2 unspecified atom stereocenters. The number of hydrogen-bond acceptors (Lipinski definition) is 3. The van der Waals surface area contributed by atoms with Crippen molar-refractivity contribution in [1.29, 1.82) is 0 Å². The Kier molecular flexibility index (Phi) is 4.18. The number of carbonyl (C=O) groups excluding carboxylic acids is 1. The van der Waals surface area contributed by atoms with Crippen molar-refractivity contribution in [3.63, 3.8) is 0 Å². The topological polar surface area (TPSA) is 61.4 Å². The second-order valence-corrected chi connectivity index (χ2v) is 5.16. The summed E-state index contributed by atoms with van der Waals surface area (Å²) in [5.41, 5.74) is 0. The van der Waals surface area contributed by atoms with Gasteiger partial charge in [0.15, 0.2) is 0 Å². The first-order valence-electron chi connectivity index (χ1n) is 6.42. The minimum Gasteiger partial charge on any atom is -0.393 e. The van der Waals surface area contributed by atoms with Crippen molar-refractivity contribution >= 4 is 5.91 Å². The van der Waals surface area contributed by atoms with E-state index in [1.165, 1.54) is 6.42 Å². The van der Waals surface area contributed by atoms with E-state index >= 15 is 0 Å². The third kappa shape index (κ3) is 4.10. The van der Waals surface area contributed by atoms with Gasteiger partial charge in [-0.05, 0) is 44.6 Å². The van der Waals surface area contributed by atoms with Gasteiger partial charge in [0, 0.05) is 6.04 Å². The van der Waals surface area contributed by atoms with Crippen LogP contribution in [0.4, 0.5) is 0 Å². The van der Waals surface area contributed by atoms with Crippen molar-refractivity contribution in [3.8, 4) is 0 Å². The van der Waals surface area contributed by atoms with E-state index in [2.05, 4.69) is 10.6 Å². The Morgan fingerprint density at radius 1 is 1.25 bits per heavy atom. The lowest BCUT2D eigenvalue weighted by Gasteiger charge is -2.25. The Morgan fingerprint density at radius 2 is 2.06 bits per heavy atom. The molecule has 4 heteroatoms. The maximum atomic E-state index is 11.4. The van der Waals surface area contributed by atoms with Gasteiger partial charge >= 0.3 is 0 Å². The summed E-state index contributed by atoms with van der Waals surface area (Å²) in [6.45, 7) is 1.28. The SMILES string of the molecule is O=C(CNCC1CCCC(O)C1)NC1CC1. The minimum atomic E-state index is -0.124. The second-order valence-electron chi connectivity index (χ2n) is 5.16. The molecule has 2 aliphatic rings. The van der Waals surface area contributed by atoms with Crippen molar-refractivity contribution in [1.82, 2.24) is 10.6 Å². The monoisotopic (exact) mass is 226 g/mol. The van der Waals surface area contributed by atoms with Crippen LogP contribution in [-0.4, -0.2) is 36.2 Å². The highest BCUT2D eigenvalue weighted by Gasteiger charge is 2.23. The van der Waals surface area contributed by atoms with Crippen LogP contribution in [0.15, 0.2) is 0 Å².